The summed E-state index contributed by atoms with van der Waals surface area (Å²) in [7, 11) is 0. The molecule has 1 aromatic rings. The van der Waals surface area contributed by atoms with Crippen molar-refractivity contribution in [3.8, 4) is 0 Å². The van der Waals surface area contributed by atoms with E-state index < -0.39 is 36.2 Å². The lowest BCUT2D eigenvalue weighted by atomic mass is 10.0. The molecule has 4 N–H and O–H groups in total. The van der Waals surface area contributed by atoms with Gasteiger partial charge in [0.05, 0.1) is 18.2 Å². The van der Waals surface area contributed by atoms with Gasteiger partial charge in [-0.15, -0.1) is 0 Å². The van der Waals surface area contributed by atoms with Crippen LogP contribution in [0.1, 0.15) is 17.2 Å². The van der Waals surface area contributed by atoms with Gasteiger partial charge in [0.2, 0.25) is 0 Å². The Morgan fingerprint density at radius 3 is 2.53 bits per heavy atom. The maximum Gasteiger partial charge on any atom is 0.418 e. The highest BCUT2D eigenvalue weighted by Crippen LogP contribution is 2.35. The van der Waals surface area contributed by atoms with E-state index in [1.54, 1.807) is 0 Å². The number of aliphatic hydroxyl groups excluding tert-OH is 2. The maximum atomic E-state index is 12.6. The number of benzene rings is 1. The van der Waals surface area contributed by atoms with Crippen LogP contribution in [0.25, 0.3) is 10.4 Å². The SMILES string of the molecule is [N-]=[N+]=NCC(O)C(O)c1ccc(N)c(C(F)(F)F)c1. The Labute approximate surface area is 105 Å². The predicted molar refractivity (Wildman–Crippen MR) is 60.8 cm³/mol. The van der Waals surface area contributed by atoms with Crippen molar-refractivity contribution in [2.45, 2.75) is 18.4 Å². The number of azide groups is 1. The molecule has 2 unspecified atom stereocenters. The van der Waals surface area contributed by atoms with Gasteiger partial charge in [-0.3, -0.25) is 0 Å². The second-order valence-corrected chi connectivity index (χ2v) is 3.77. The molecule has 0 bridgehead atoms. The molecule has 1 rings (SSSR count). The summed E-state index contributed by atoms with van der Waals surface area (Å²) >= 11 is 0. The molecule has 0 aromatic heterocycles. The summed E-state index contributed by atoms with van der Waals surface area (Å²) in [5.41, 5.74) is 11.5. The van der Waals surface area contributed by atoms with E-state index in [2.05, 4.69) is 10.0 Å². The average Bonchev–Trinajstić information content (AvgIpc) is 2.34. The summed E-state index contributed by atoms with van der Waals surface area (Å²) < 4.78 is 37.8. The van der Waals surface area contributed by atoms with Crippen LogP contribution < -0.4 is 5.73 Å². The zero-order valence-electron chi connectivity index (χ0n) is 9.54. The Bertz CT molecular complexity index is 500. The largest absolute Gasteiger partial charge is 0.418 e. The minimum absolute atomic E-state index is 0.165. The van der Waals surface area contributed by atoms with E-state index in [1.807, 2.05) is 0 Å². The van der Waals surface area contributed by atoms with Crippen molar-refractivity contribution in [2.75, 3.05) is 12.3 Å². The summed E-state index contributed by atoms with van der Waals surface area (Å²) in [6.45, 7) is -0.455. The summed E-state index contributed by atoms with van der Waals surface area (Å²) in [4.78, 5) is 2.38. The molecule has 0 heterocycles. The Balaban J connectivity index is 3.05. The lowest BCUT2D eigenvalue weighted by Crippen LogP contribution is -2.22. The van der Waals surface area contributed by atoms with Gasteiger partial charge in [-0.2, -0.15) is 13.2 Å². The molecule has 0 aliphatic heterocycles. The molecule has 0 saturated carbocycles. The third-order valence-corrected chi connectivity index (χ3v) is 2.42. The van der Waals surface area contributed by atoms with Crippen LogP contribution in [-0.4, -0.2) is 22.9 Å². The molecule has 2 atom stereocenters. The zero-order chi connectivity index (χ0) is 14.6. The molecule has 0 saturated heterocycles. The van der Waals surface area contributed by atoms with Crippen molar-refractivity contribution in [2.24, 2.45) is 5.11 Å². The number of alkyl halides is 3. The van der Waals surface area contributed by atoms with Crippen LogP contribution in [0.2, 0.25) is 0 Å². The van der Waals surface area contributed by atoms with Crippen LogP contribution >= 0.6 is 0 Å². The zero-order valence-corrected chi connectivity index (χ0v) is 9.54. The van der Waals surface area contributed by atoms with Crippen molar-refractivity contribution >= 4 is 5.69 Å². The summed E-state index contributed by atoms with van der Waals surface area (Å²) in [6.07, 6.45) is -7.76. The fourth-order valence-electron chi connectivity index (χ4n) is 1.45. The number of nitrogens with two attached hydrogens (primary N) is 1. The van der Waals surface area contributed by atoms with Gasteiger partial charge < -0.3 is 15.9 Å². The molecule has 104 valence electrons. The molecule has 19 heavy (non-hydrogen) atoms. The Hall–Kier alpha value is -1.96. The van der Waals surface area contributed by atoms with Crippen molar-refractivity contribution < 1.29 is 23.4 Å². The van der Waals surface area contributed by atoms with Crippen LogP contribution in [0, 0.1) is 0 Å². The van der Waals surface area contributed by atoms with E-state index in [1.165, 1.54) is 0 Å². The lowest BCUT2D eigenvalue weighted by Gasteiger charge is -2.18. The van der Waals surface area contributed by atoms with Gasteiger partial charge in [-0.25, -0.2) is 0 Å². The molecule has 0 aliphatic carbocycles. The monoisotopic (exact) mass is 276 g/mol. The second-order valence-electron chi connectivity index (χ2n) is 3.77. The van der Waals surface area contributed by atoms with Gasteiger partial charge in [0.15, 0.2) is 0 Å². The van der Waals surface area contributed by atoms with E-state index in [0.717, 1.165) is 12.1 Å². The van der Waals surface area contributed by atoms with Gasteiger partial charge in [0.1, 0.15) is 6.10 Å². The highest BCUT2D eigenvalue weighted by atomic mass is 19.4. The fraction of sp³-hybridized carbons (Fsp3) is 0.400. The van der Waals surface area contributed by atoms with Gasteiger partial charge in [0, 0.05) is 10.6 Å². The molecule has 9 heteroatoms. The van der Waals surface area contributed by atoms with E-state index in [4.69, 9.17) is 11.3 Å². The van der Waals surface area contributed by atoms with Gasteiger partial charge >= 0.3 is 6.18 Å². The molecule has 1 aromatic carbocycles. The van der Waals surface area contributed by atoms with Gasteiger partial charge in [-0.05, 0) is 23.2 Å². The average molecular weight is 276 g/mol. The van der Waals surface area contributed by atoms with Crippen molar-refractivity contribution in [3.05, 3.63) is 39.8 Å². The molecule has 0 radical (unpaired) electrons. The first-order valence-corrected chi connectivity index (χ1v) is 5.11. The Morgan fingerprint density at radius 2 is 2.00 bits per heavy atom. The van der Waals surface area contributed by atoms with Crippen molar-refractivity contribution in [1.82, 2.24) is 0 Å². The number of rotatable bonds is 4. The number of halogens is 3. The molecule has 6 nitrogen and oxygen atoms in total. The Morgan fingerprint density at radius 1 is 1.37 bits per heavy atom. The van der Waals surface area contributed by atoms with Gasteiger partial charge in [-0.1, -0.05) is 11.2 Å². The molecular weight excluding hydrogens is 265 g/mol. The number of hydrogen-bond acceptors (Lipinski definition) is 4. The van der Waals surface area contributed by atoms with E-state index >= 15 is 0 Å². The molecule has 0 fully saturated rings. The standard InChI is InChI=1S/C10H11F3N4O2/c11-10(12,13)6-3-5(1-2-7(6)14)9(19)8(18)4-16-17-15/h1-3,8-9,18-19H,4,14H2. The van der Waals surface area contributed by atoms with Crippen LogP contribution in [-0.2, 0) is 6.18 Å². The van der Waals surface area contributed by atoms with Crippen LogP contribution in [0.3, 0.4) is 0 Å². The minimum atomic E-state index is -4.66. The van der Waals surface area contributed by atoms with E-state index in [0.29, 0.717) is 6.07 Å². The number of nitrogen functional groups attached to an aromatic ring is 1. The fourth-order valence-corrected chi connectivity index (χ4v) is 1.45. The topological polar surface area (TPSA) is 115 Å². The predicted octanol–water partition coefficient (Wildman–Crippen LogP) is 1.99. The van der Waals surface area contributed by atoms with Crippen molar-refractivity contribution in [1.29, 1.82) is 0 Å². The normalized spacial score (nSPS) is 14.6. The first-order chi connectivity index (χ1) is 8.77. The number of aliphatic hydroxyl groups is 2. The number of hydrogen-bond donors (Lipinski definition) is 3. The van der Waals surface area contributed by atoms with Crippen LogP contribution in [0.5, 0.6) is 0 Å². The van der Waals surface area contributed by atoms with Gasteiger partial charge in [0.25, 0.3) is 0 Å². The third-order valence-electron chi connectivity index (χ3n) is 2.42. The van der Waals surface area contributed by atoms with Crippen LogP contribution in [0.4, 0.5) is 18.9 Å². The quantitative estimate of drug-likeness (QED) is 0.338. The molecule has 0 amide bonds. The minimum Gasteiger partial charge on any atom is -0.398 e. The smallest absolute Gasteiger partial charge is 0.398 e. The van der Waals surface area contributed by atoms with E-state index in [-0.39, 0.29) is 5.56 Å². The number of nitrogens with zero attached hydrogens (tertiary/aromatic N) is 3. The highest BCUT2D eigenvalue weighted by molar-refractivity contribution is 5.50. The molecule has 0 spiro atoms. The van der Waals surface area contributed by atoms with Crippen molar-refractivity contribution in [3.63, 3.8) is 0 Å². The number of anilines is 1. The third kappa shape index (κ3) is 3.75. The Kier molecular flexibility index (Phi) is 4.60. The first kappa shape index (κ1) is 15.1. The van der Waals surface area contributed by atoms with Crippen LogP contribution in [0.15, 0.2) is 23.3 Å². The maximum absolute atomic E-state index is 12.6. The summed E-state index contributed by atoms with van der Waals surface area (Å²) in [5, 5.41) is 22.1. The summed E-state index contributed by atoms with van der Waals surface area (Å²) in [6, 6.07) is 2.80. The second kappa shape index (κ2) is 5.79. The molecular formula is C10H11F3N4O2. The lowest BCUT2D eigenvalue weighted by molar-refractivity contribution is -0.137. The van der Waals surface area contributed by atoms with E-state index in [9.17, 15) is 23.4 Å². The first-order valence-electron chi connectivity index (χ1n) is 5.11. The molecule has 0 aliphatic rings. The highest BCUT2D eigenvalue weighted by Gasteiger charge is 2.34. The summed E-state index contributed by atoms with van der Waals surface area (Å²) in [5.74, 6) is 0.